The molecule has 1 atom stereocenters. The first-order valence-corrected chi connectivity index (χ1v) is 6.60. The molecule has 0 radical (unpaired) electrons. The van der Waals surface area contributed by atoms with E-state index in [0.717, 1.165) is 6.54 Å². The minimum Gasteiger partial charge on any atom is -0.392 e. The van der Waals surface area contributed by atoms with Crippen molar-refractivity contribution in [3.63, 3.8) is 0 Å². The number of hydrogen-bond acceptors (Lipinski definition) is 3. The summed E-state index contributed by atoms with van der Waals surface area (Å²) in [7, 11) is 0. The summed E-state index contributed by atoms with van der Waals surface area (Å²) in [4.78, 5) is 12.0. The number of carbonyl (C=O) groups is 1. The molecule has 5 heteroatoms. The average Bonchev–Trinajstić information content (AvgIpc) is 2.66. The van der Waals surface area contributed by atoms with E-state index in [1.165, 1.54) is 18.6 Å². The molecule has 0 aromatic heterocycles. The van der Waals surface area contributed by atoms with Crippen LogP contribution in [0.1, 0.15) is 26.7 Å². The number of amides is 1. The summed E-state index contributed by atoms with van der Waals surface area (Å²) in [5, 5.41) is 3.48. The normalized spacial score (nSPS) is 21.3. The Morgan fingerprint density at radius 1 is 1.67 bits per heavy atom. The van der Waals surface area contributed by atoms with Gasteiger partial charge in [-0.3, -0.25) is 4.79 Å². The number of thiocarbonyl (C=S) groups is 1. The van der Waals surface area contributed by atoms with E-state index in [9.17, 15) is 4.79 Å². The Kier molecular flexibility index (Phi) is 4.40. The van der Waals surface area contributed by atoms with Crippen molar-refractivity contribution in [1.82, 2.24) is 5.32 Å². The van der Waals surface area contributed by atoms with Crippen LogP contribution < -0.4 is 11.1 Å². The monoisotopic (exact) mass is 246 g/mol. The summed E-state index contributed by atoms with van der Waals surface area (Å²) in [6.07, 6.45) is 2.45. The highest BCUT2D eigenvalue weighted by Crippen LogP contribution is 2.25. The zero-order valence-electron chi connectivity index (χ0n) is 9.21. The second-order valence-corrected chi connectivity index (χ2v) is 6.18. The molecule has 86 valence electrons. The molecule has 1 aliphatic heterocycles. The zero-order valence-corrected chi connectivity index (χ0v) is 10.8. The predicted octanol–water partition coefficient (Wildman–Crippen LogP) is 1.31. The van der Waals surface area contributed by atoms with Crippen LogP contribution in [0.25, 0.3) is 0 Å². The lowest BCUT2D eigenvalue weighted by Crippen LogP contribution is -2.46. The Morgan fingerprint density at radius 3 is 2.80 bits per heavy atom. The lowest BCUT2D eigenvalue weighted by Gasteiger charge is -2.22. The van der Waals surface area contributed by atoms with Gasteiger partial charge in [0, 0.05) is 11.8 Å². The number of hydrogen-bond donors (Lipinski definition) is 2. The van der Waals surface area contributed by atoms with E-state index in [1.54, 1.807) is 13.8 Å². The number of carbonyl (C=O) groups excluding carboxylic acids is 1. The van der Waals surface area contributed by atoms with Crippen LogP contribution in [0, 0.1) is 5.41 Å². The van der Waals surface area contributed by atoms with E-state index < -0.39 is 5.41 Å². The minimum absolute atomic E-state index is 0.0671. The summed E-state index contributed by atoms with van der Waals surface area (Å²) in [5.41, 5.74) is 4.78. The van der Waals surface area contributed by atoms with Gasteiger partial charge in [-0.05, 0) is 32.4 Å². The Bertz CT molecular complexity index is 260. The summed E-state index contributed by atoms with van der Waals surface area (Å²) < 4.78 is 0. The molecule has 3 nitrogen and oxygen atoms in total. The molecule has 1 aliphatic rings. The largest absolute Gasteiger partial charge is 0.392 e. The van der Waals surface area contributed by atoms with Crippen LogP contribution in [0.15, 0.2) is 0 Å². The summed E-state index contributed by atoms with van der Waals surface area (Å²) in [5.74, 6) is 1.14. The highest BCUT2D eigenvalue weighted by Gasteiger charge is 2.31. The van der Waals surface area contributed by atoms with Crippen LogP contribution in [-0.4, -0.2) is 28.4 Å². The van der Waals surface area contributed by atoms with Crippen LogP contribution in [0.3, 0.4) is 0 Å². The molecule has 0 saturated carbocycles. The van der Waals surface area contributed by atoms with Gasteiger partial charge in [0.1, 0.15) is 0 Å². The molecule has 0 bridgehead atoms. The predicted molar refractivity (Wildman–Crippen MR) is 69.1 cm³/mol. The van der Waals surface area contributed by atoms with Crippen molar-refractivity contribution in [3.05, 3.63) is 0 Å². The van der Waals surface area contributed by atoms with E-state index in [-0.39, 0.29) is 10.9 Å². The van der Waals surface area contributed by atoms with Gasteiger partial charge in [0.25, 0.3) is 0 Å². The first kappa shape index (κ1) is 12.8. The Hall–Kier alpha value is -0.290. The van der Waals surface area contributed by atoms with Gasteiger partial charge < -0.3 is 11.1 Å². The van der Waals surface area contributed by atoms with Crippen LogP contribution >= 0.6 is 24.0 Å². The molecule has 1 fully saturated rings. The minimum atomic E-state index is -0.737. The standard InChI is InChI=1S/C10H18N2OS2/c1-10(2,8(11)14)9(13)12-6-7-4-3-5-15-7/h7H,3-6H2,1-2H3,(H2,11,14)(H,12,13). The average molecular weight is 246 g/mol. The molecule has 3 N–H and O–H groups in total. The molecule has 0 aromatic rings. The highest BCUT2D eigenvalue weighted by molar-refractivity contribution is 8.00. The van der Waals surface area contributed by atoms with Crippen molar-refractivity contribution in [2.24, 2.45) is 11.1 Å². The fourth-order valence-corrected chi connectivity index (χ4v) is 2.64. The number of thioether (sulfide) groups is 1. The summed E-state index contributed by atoms with van der Waals surface area (Å²) in [6, 6.07) is 0. The van der Waals surface area contributed by atoms with Gasteiger partial charge in [-0.1, -0.05) is 12.2 Å². The Balaban J connectivity index is 2.38. The van der Waals surface area contributed by atoms with Crippen molar-refractivity contribution in [2.75, 3.05) is 12.3 Å². The van der Waals surface area contributed by atoms with E-state index >= 15 is 0 Å². The van der Waals surface area contributed by atoms with Gasteiger partial charge in [-0.15, -0.1) is 0 Å². The fourth-order valence-electron chi connectivity index (χ4n) is 1.34. The summed E-state index contributed by atoms with van der Waals surface area (Å²) in [6.45, 7) is 4.24. The second-order valence-electron chi connectivity index (χ2n) is 4.33. The third kappa shape index (κ3) is 3.34. The summed E-state index contributed by atoms with van der Waals surface area (Å²) >= 11 is 6.79. The third-order valence-corrected chi connectivity index (χ3v) is 4.61. The molecule has 0 spiro atoms. The maximum Gasteiger partial charge on any atom is 0.232 e. The SMILES string of the molecule is CC(C)(C(=O)NCC1CCCS1)C(N)=S. The van der Waals surface area contributed by atoms with Crippen LogP contribution in [-0.2, 0) is 4.79 Å². The molecule has 1 saturated heterocycles. The van der Waals surface area contributed by atoms with Gasteiger partial charge >= 0.3 is 0 Å². The molecule has 15 heavy (non-hydrogen) atoms. The first-order chi connectivity index (χ1) is 6.94. The van der Waals surface area contributed by atoms with E-state index in [1.807, 2.05) is 11.8 Å². The topological polar surface area (TPSA) is 55.1 Å². The lowest BCUT2D eigenvalue weighted by atomic mass is 9.92. The molecular weight excluding hydrogens is 228 g/mol. The molecule has 0 aromatic carbocycles. The molecule has 1 unspecified atom stereocenters. The molecule has 1 rings (SSSR count). The molecule has 1 heterocycles. The van der Waals surface area contributed by atoms with Gasteiger partial charge in [0.15, 0.2) is 0 Å². The van der Waals surface area contributed by atoms with E-state index in [2.05, 4.69) is 5.32 Å². The zero-order chi connectivity index (χ0) is 11.5. The van der Waals surface area contributed by atoms with E-state index in [0.29, 0.717) is 5.25 Å². The molecular formula is C10H18N2OS2. The van der Waals surface area contributed by atoms with Gasteiger partial charge in [-0.2, -0.15) is 11.8 Å². The fraction of sp³-hybridized carbons (Fsp3) is 0.800. The van der Waals surface area contributed by atoms with Gasteiger partial charge in [0.05, 0.1) is 10.4 Å². The van der Waals surface area contributed by atoms with Gasteiger partial charge in [-0.25, -0.2) is 0 Å². The van der Waals surface area contributed by atoms with Crippen molar-refractivity contribution in [1.29, 1.82) is 0 Å². The second kappa shape index (κ2) is 5.16. The third-order valence-electron chi connectivity index (χ3n) is 2.70. The van der Waals surface area contributed by atoms with Crippen molar-refractivity contribution >= 4 is 34.9 Å². The smallest absolute Gasteiger partial charge is 0.232 e. The number of nitrogens with two attached hydrogens (primary N) is 1. The van der Waals surface area contributed by atoms with Crippen LogP contribution in [0.2, 0.25) is 0 Å². The van der Waals surface area contributed by atoms with E-state index in [4.69, 9.17) is 18.0 Å². The maximum atomic E-state index is 11.8. The van der Waals surface area contributed by atoms with Crippen LogP contribution in [0.4, 0.5) is 0 Å². The quantitative estimate of drug-likeness (QED) is 0.734. The number of rotatable bonds is 4. The number of nitrogens with one attached hydrogen (secondary N) is 1. The first-order valence-electron chi connectivity index (χ1n) is 5.14. The van der Waals surface area contributed by atoms with Gasteiger partial charge in [0.2, 0.25) is 5.91 Å². The lowest BCUT2D eigenvalue weighted by molar-refractivity contribution is -0.126. The van der Waals surface area contributed by atoms with Crippen molar-refractivity contribution in [2.45, 2.75) is 31.9 Å². The molecule has 1 amide bonds. The highest BCUT2D eigenvalue weighted by atomic mass is 32.2. The molecule has 0 aliphatic carbocycles. The van der Waals surface area contributed by atoms with Crippen LogP contribution in [0.5, 0.6) is 0 Å². The Labute approximate surface area is 101 Å². The van der Waals surface area contributed by atoms with Crippen molar-refractivity contribution in [3.8, 4) is 0 Å². The Morgan fingerprint density at radius 2 is 2.33 bits per heavy atom. The van der Waals surface area contributed by atoms with Crippen molar-refractivity contribution < 1.29 is 4.79 Å². The maximum absolute atomic E-state index is 11.8.